The van der Waals surface area contributed by atoms with E-state index in [-0.39, 0.29) is 18.2 Å². The number of esters is 1. The minimum absolute atomic E-state index is 0.0394. The van der Waals surface area contributed by atoms with Crippen molar-refractivity contribution in [2.45, 2.75) is 17.1 Å². The van der Waals surface area contributed by atoms with Gasteiger partial charge in [-0.2, -0.15) is 0 Å². The molecule has 0 saturated carbocycles. The van der Waals surface area contributed by atoms with Gasteiger partial charge in [0.25, 0.3) is 11.8 Å². The first-order valence-electron chi connectivity index (χ1n) is 15.8. The average molecular weight is 686 g/mol. The minimum Gasteiger partial charge on any atom is -0.497 e. The third-order valence-electron chi connectivity index (χ3n) is 7.31. The van der Waals surface area contributed by atoms with Gasteiger partial charge < -0.3 is 25.4 Å². The van der Waals surface area contributed by atoms with Crippen molar-refractivity contribution in [2.75, 3.05) is 24.4 Å². The molecule has 0 spiro atoms. The maximum Gasteiger partial charge on any atom is 0.338 e. The number of benzene rings is 5. The predicted molar refractivity (Wildman–Crippen MR) is 196 cm³/mol. The van der Waals surface area contributed by atoms with E-state index in [0.717, 1.165) is 10.5 Å². The van der Waals surface area contributed by atoms with Crippen LogP contribution in [0.25, 0.3) is 6.08 Å². The molecule has 1 unspecified atom stereocenters. The summed E-state index contributed by atoms with van der Waals surface area (Å²) >= 11 is 1.31. The predicted octanol–water partition coefficient (Wildman–Crippen LogP) is 7.75. The number of nitrogens with one attached hydrogen (secondary N) is 3. The van der Waals surface area contributed by atoms with Gasteiger partial charge in [0.15, 0.2) is 0 Å². The van der Waals surface area contributed by atoms with Crippen LogP contribution in [0, 0.1) is 0 Å². The Bertz CT molecular complexity index is 1960. The summed E-state index contributed by atoms with van der Waals surface area (Å²) in [6, 6.07) is 38.7. The summed E-state index contributed by atoms with van der Waals surface area (Å²) < 4.78 is 10.3. The Morgan fingerprint density at radius 1 is 0.720 bits per heavy atom. The zero-order valence-electron chi connectivity index (χ0n) is 27.4. The molecule has 1 atom stereocenters. The fourth-order valence-corrected chi connectivity index (χ4v) is 5.89. The molecule has 5 aromatic carbocycles. The van der Waals surface area contributed by atoms with Crippen LogP contribution in [-0.4, -0.2) is 37.4 Å². The van der Waals surface area contributed by atoms with Gasteiger partial charge in [0.2, 0.25) is 5.91 Å². The molecule has 0 aliphatic carbocycles. The summed E-state index contributed by atoms with van der Waals surface area (Å²) in [5.41, 5.74) is 3.29. The number of hydrogen-bond donors (Lipinski definition) is 3. The number of ether oxygens (including phenoxy) is 2. The summed E-state index contributed by atoms with van der Waals surface area (Å²) in [6.45, 7) is 2.01. The summed E-state index contributed by atoms with van der Waals surface area (Å²) in [5, 5.41) is 7.93. The van der Waals surface area contributed by atoms with Gasteiger partial charge in [-0.1, -0.05) is 66.7 Å². The number of rotatable bonds is 13. The SMILES string of the molecule is CCOC(=O)c1ccc(NC(=O)C(Sc2cccc(NC(=O)/C(=C\c3ccc(OC)cc3)NC(=O)c3ccccc3)c2)c2ccccc2)cc1. The minimum atomic E-state index is -0.650. The van der Waals surface area contributed by atoms with E-state index in [1.54, 1.807) is 117 Å². The molecule has 10 heteroatoms. The Kier molecular flexibility index (Phi) is 12.2. The molecular weight excluding hydrogens is 651 g/mol. The molecule has 0 saturated heterocycles. The van der Waals surface area contributed by atoms with Crippen molar-refractivity contribution in [2.24, 2.45) is 0 Å². The molecule has 50 heavy (non-hydrogen) atoms. The zero-order chi connectivity index (χ0) is 35.3. The average Bonchev–Trinajstić information content (AvgIpc) is 3.15. The van der Waals surface area contributed by atoms with E-state index < -0.39 is 23.0 Å². The van der Waals surface area contributed by atoms with Crippen LogP contribution in [0.1, 0.15) is 44.0 Å². The largest absolute Gasteiger partial charge is 0.497 e. The number of anilines is 2. The third-order valence-corrected chi connectivity index (χ3v) is 8.55. The summed E-state index contributed by atoms with van der Waals surface area (Å²) in [6.07, 6.45) is 1.59. The van der Waals surface area contributed by atoms with Crippen molar-refractivity contribution in [3.8, 4) is 5.75 Å². The number of carbonyl (C=O) groups excluding carboxylic acids is 4. The molecule has 0 aliphatic rings. The van der Waals surface area contributed by atoms with Crippen LogP contribution in [0.15, 0.2) is 144 Å². The van der Waals surface area contributed by atoms with E-state index >= 15 is 0 Å². The van der Waals surface area contributed by atoms with E-state index in [1.165, 1.54) is 11.8 Å². The van der Waals surface area contributed by atoms with Gasteiger partial charge in [-0.3, -0.25) is 14.4 Å². The maximum absolute atomic E-state index is 13.7. The van der Waals surface area contributed by atoms with E-state index in [9.17, 15) is 19.2 Å². The molecule has 0 bridgehead atoms. The van der Waals surface area contributed by atoms with Crippen molar-refractivity contribution in [3.63, 3.8) is 0 Å². The van der Waals surface area contributed by atoms with Crippen molar-refractivity contribution in [1.82, 2.24) is 5.32 Å². The molecule has 0 heterocycles. The zero-order valence-corrected chi connectivity index (χ0v) is 28.2. The quantitative estimate of drug-likeness (QED) is 0.0658. The van der Waals surface area contributed by atoms with Crippen molar-refractivity contribution in [1.29, 1.82) is 0 Å². The number of amides is 3. The van der Waals surface area contributed by atoms with Gasteiger partial charge in [0.05, 0.1) is 19.3 Å². The summed E-state index contributed by atoms with van der Waals surface area (Å²) in [7, 11) is 1.57. The van der Waals surface area contributed by atoms with Gasteiger partial charge in [-0.25, -0.2) is 4.79 Å². The Labute approximate surface area is 294 Å². The van der Waals surface area contributed by atoms with Gasteiger partial charge in [0.1, 0.15) is 16.7 Å². The molecule has 0 radical (unpaired) electrons. The van der Waals surface area contributed by atoms with Crippen LogP contribution in [0.2, 0.25) is 0 Å². The maximum atomic E-state index is 13.7. The third kappa shape index (κ3) is 9.71. The summed E-state index contributed by atoms with van der Waals surface area (Å²) in [4.78, 5) is 53.2. The Balaban J connectivity index is 1.35. The highest BCUT2D eigenvalue weighted by Gasteiger charge is 2.23. The lowest BCUT2D eigenvalue weighted by Crippen LogP contribution is -2.30. The molecule has 5 rings (SSSR count). The first-order chi connectivity index (χ1) is 24.3. The second kappa shape index (κ2) is 17.3. The highest BCUT2D eigenvalue weighted by molar-refractivity contribution is 8.00. The monoisotopic (exact) mass is 685 g/mol. The standard InChI is InChI=1S/C40H35N3O6S/c1-3-49-40(47)30-19-21-31(22-20-30)41-39(46)36(28-11-6-4-7-12-28)50-34-16-10-15-32(26-34)42-38(45)35(25-27-17-23-33(48-2)24-18-27)43-37(44)29-13-8-5-9-14-29/h4-26,36H,3H2,1-2H3,(H,41,46)(H,42,45)(H,43,44)/b35-25+. The van der Waals surface area contributed by atoms with Crippen LogP contribution >= 0.6 is 11.8 Å². The van der Waals surface area contributed by atoms with Crippen LogP contribution in [0.3, 0.4) is 0 Å². The van der Waals surface area contributed by atoms with Crippen molar-refractivity contribution < 1.29 is 28.7 Å². The van der Waals surface area contributed by atoms with Gasteiger partial charge in [-0.15, -0.1) is 11.8 Å². The first kappa shape index (κ1) is 35.2. The molecule has 0 aromatic heterocycles. The fourth-order valence-electron chi connectivity index (χ4n) is 4.80. The molecule has 3 amide bonds. The number of thioether (sulfide) groups is 1. The van der Waals surface area contributed by atoms with Crippen LogP contribution < -0.4 is 20.7 Å². The number of carbonyl (C=O) groups is 4. The molecule has 0 fully saturated rings. The molecule has 5 aromatic rings. The van der Waals surface area contributed by atoms with E-state index in [0.29, 0.717) is 33.8 Å². The molecule has 3 N–H and O–H groups in total. The van der Waals surface area contributed by atoms with E-state index in [4.69, 9.17) is 9.47 Å². The van der Waals surface area contributed by atoms with E-state index in [2.05, 4.69) is 16.0 Å². The molecular formula is C40H35N3O6S. The fraction of sp³-hybridized carbons (Fsp3) is 0.100. The van der Waals surface area contributed by atoms with Crippen molar-refractivity contribution >= 4 is 52.9 Å². The Morgan fingerprint density at radius 3 is 2.06 bits per heavy atom. The lowest BCUT2D eigenvalue weighted by Gasteiger charge is -2.18. The van der Waals surface area contributed by atoms with Gasteiger partial charge >= 0.3 is 5.97 Å². The van der Waals surface area contributed by atoms with Gasteiger partial charge in [-0.05, 0) is 90.9 Å². The highest BCUT2D eigenvalue weighted by atomic mass is 32.2. The lowest BCUT2D eigenvalue weighted by atomic mass is 10.1. The van der Waals surface area contributed by atoms with Crippen LogP contribution in [0.5, 0.6) is 5.75 Å². The second-order valence-corrected chi connectivity index (χ2v) is 12.0. The number of hydrogen-bond acceptors (Lipinski definition) is 7. The smallest absolute Gasteiger partial charge is 0.338 e. The molecule has 9 nitrogen and oxygen atoms in total. The first-order valence-corrected chi connectivity index (χ1v) is 16.6. The number of methoxy groups -OCH3 is 1. The second-order valence-electron chi connectivity index (χ2n) is 10.8. The van der Waals surface area contributed by atoms with Gasteiger partial charge in [0, 0.05) is 21.8 Å². The topological polar surface area (TPSA) is 123 Å². The van der Waals surface area contributed by atoms with E-state index in [1.807, 2.05) is 36.4 Å². The lowest BCUT2D eigenvalue weighted by molar-refractivity contribution is -0.116. The Hall–Kier alpha value is -6.13. The summed E-state index contributed by atoms with van der Waals surface area (Å²) in [5.74, 6) is -1.01. The van der Waals surface area contributed by atoms with Crippen molar-refractivity contribution in [3.05, 3.63) is 161 Å². The van der Waals surface area contributed by atoms with Crippen LogP contribution in [0.4, 0.5) is 11.4 Å². The molecule has 0 aliphatic heterocycles. The Morgan fingerprint density at radius 2 is 1.40 bits per heavy atom. The normalized spacial score (nSPS) is 11.5. The highest BCUT2D eigenvalue weighted by Crippen LogP contribution is 2.37. The molecule has 252 valence electrons. The van der Waals surface area contributed by atoms with Crippen LogP contribution in [-0.2, 0) is 14.3 Å².